The van der Waals surface area contributed by atoms with Crippen molar-refractivity contribution in [1.82, 2.24) is 4.98 Å². The van der Waals surface area contributed by atoms with Crippen LogP contribution in [0.5, 0.6) is 23.0 Å². The number of pyridine rings is 1. The van der Waals surface area contributed by atoms with E-state index in [-0.39, 0.29) is 0 Å². The van der Waals surface area contributed by atoms with E-state index in [9.17, 15) is 4.79 Å². The molecule has 1 aromatic heterocycles. The normalized spacial score (nSPS) is 10.9. The fourth-order valence-corrected chi connectivity index (χ4v) is 4.53. The molecule has 0 bridgehead atoms. The molecule has 1 heterocycles. The molecule has 1 N–H and O–H groups in total. The van der Waals surface area contributed by atoms with Gasteiger partial charge in [0.25, 0.3) is 0 Å². The third-order valence-corrected chi connectivity index (χ3v) is 6.48. The first-order valence-corrected chi connectivity index (χ1v) is 12.5. The minimum absolute atomic E-state index is 0.484. The summed E-state index contributed by atoms with van der Waals surface area (Å²) < 4.78 is 22.1. The molecule has 2 aromatic carbocycles. The number of aryl methyl sites for hydroxylation is 1. The zero-order valence-electron chi connectivity index (χ0n) is 20.7. The van der Waals surface area contributed by atoms with E-state index in [0.717, 1.165) is 53.2 Å². The van der Waals surface area contributed by atoms with Gasteiger partial charge < -0.3 is 24.1 Å². The number of hydrogen-bond donors (Lipinski definition) is 1. The van der Waals surface area contributed by atoms with Crippen molar-refractivity contribution in [1.29, 1.82) is 0 Å². The Balaban J connectivity index is 1.62. The lowest BCUT2D eigenvalue weighted by atomic mass is 10.1. The molecule has 36 heavy (non-hydrogen) atoms. The van der Waals surface area contributed by atoms with Gasteiger partial charge in [-0.05, 0) is 67.3 Å². The summed E-state index contributed by atoms with van der Waals surface area (Å²) in [5, 5.41) is 9.09. The SMILES string of the molecule is COc1ccc(CCCCOc2ccc(CSc3c(OC)cccc3OC)nc2C=CC(=O)O)cc1. The van der Waals surface area contributed by atoms with E-state index in [1.54, 1.807) is 21.3 Å². The Morgan fingerprint density at radius 2 is 1.64 bits per heavy atom. The standard InChI is InChI=1S/C28H31NO6S/c1-32-22-13-10-20(11-14-22)7-4-5-18-35-24-16-12-21(29-23(24)15-17-27(30)31)19-36-28-25(33-2)8-6-9-26(28)34-3/h6,8-17H,4-5,7,18-19H2,1-3H3,(H,30,31). The number of aromatic nitrogens is 1. The number of carbonyl (C=O) groups is 1. The van der Waals surface area contributed by atoms with Gasteiger partial charge in [0.05, 0.1) is 38.5 Å². The van der Waals surface area contributed by atoms with Crippen LogP contribution in [0, 0.1) is 0 Å². The van der Waals surface area contributed by atoms with Crippen LogP contribution in [0.4, 0.5) is 0 Å². The van der Waals surface area contributed by atoms with E-state index in [4.69, 9.17) is 24.1 Å². The van der Waals surface area contributed by atoms with Crippen LogP contribution in [-0.4, -0.2) is 44.0 Å². The van der Waals surface area contributed by atoms with Crippen molar-refractivity contribution in [2.75, 3.05) is 27.9 Å². The lowest BCUT2D eigenvalue weighted by Crippen LogP contribution is -2.02. The monoisotopic (exact) mass is 509 g/mol. The van der Waals surface area contributed by atoms with Crippen molar-refractivity contribution in [3.8, 4) is 23.0 Å². The highest BCUT2D eigenvalue weighted by Gasteiger charge is 2.12. The molecule has 190 valence electrons. The second-order valence-electron chi connectivity index (χ2n) is 7.79. The summed E-state index contributed by atoms with van der Waals surface area (Å²) in [7, 11) is 4.90. The van der Waals surface area contributed by atoms with Crippen molar-refractivity contribution in [2.45, 2.75) is 29.9 Å². The average Bonchev–Trinajstić information content (AvgIpc) is 2.91. The minimum atomic E-state index is -1.04. The van der Waals surface area contributed by atoms with Crippen LogP contribution in [0.2, 0.25) is 0 Å². The topological polar surface area (TPSA) is 87.1 Å². The number of thioether (sulfide) groups is 1. The summed E-state index contributed by atoms with van der Waals surface area (Å²) in [6, 6.07) is 17.4. The second-order valence-corrected chi connectivity index (χ2v) is 8.78. The number of methoxy groups -OCH3 is 3. The Morgan fingerprint density at radius 3 is 2.28 bits per heavy atom. The van der Waals surface area contributed by atoms with Crippen LogP contribution < -0.4 is 18.9 Å². The van der Waals surface area contributed by atoms with Gasteiger partial charge in [0, 0.05) is 11.8 Å². The van der Waals surface area contributed by atoms with Crippen LogP contribution >= 0.6 is 11.8 Å². The van der Waals surface area contributed by atoms with E-state index in [2.05, 4.69) is 17.1 Å². The van der Waals surface area contributed by atoms with Crippen molar-refractivity contribution in [3.05, 3.63) is 77.6 Å². The minimum Gasteiger partial charge on any atom is -0.497 e. The average molecular weight is 510 g/mol. The maximum atomic E-state index is 11.1. The van der Waals surface area contributed by atoms with Crippen molar-refractivity contribution >= 4 is 23.8 Å². The molecule has 7 nitrogen and oxygen atoms in total. The molecule has 0 unspecified atom stereocenters. The fraction of sp³-hybridized carbons (Fsp3) is 0.286. The predicted octanol–water partition coefficient (Wildman–Crippen LogP) is 5.90. The summed E-state index contributed by atoms with van der Waals surface area (Å²) in [5.74, 6) is 2.36. The lowest BCUT2D eigenvalue weighted by Gasteiger charge is -2.13. The summed E-state index contributed by atoms with van der Waals surface area (Å²) in [4.78, 5) is 16.6. The molecule has 3 aromatic rings. The molecule has 0 aliphatic rings. The lowest BCUT2D eigenvalue weighted by molar-refractivity contribution is -0.131. The van der Waals surface area contributed by atoms with Gasteiger partial charge in [0.2, 0.25) is 0 Å². The third-order valence-electron chi connectivity index (χ3n) is 5.35. The highest BCUT2D eigenvalue weighted by Crippen LogP contribution is 2.39. The van der Waals surface area contributed by atoms with E-state index in [1.807, 2.05) is 42.5 Å². The number of aliphatic carboxylic acids is 1. The predicted molar refractivity (Wildman–Crippen MR) is 141 cm³/mol. The molecule has 0 radical (unpaired) electrons. The molecule has 0 spiro atoms. The van der Waals surface area contributed by atoms with E-state index >= 15 is 0 Å². The van der Waals surface area contributed by atoms with Gasteiger partial charge in [-0.15, -0.1) is 11.8 Å². The van der Waals surface area contributed by atoms with Gasteiger partial charge in [0.1, 0.15) is 28.7 Å². The zero-order chi connectivity index (χ0) is 25.8. The van der Waals surface area contributed by atoms with Gasteiger partial charge in [0.15, 0.2) is 0 Å². The zero-order valence-corrected chi connectivity index (χ0v) is 21.5. The maximum Gasteiger partial charge on any atom is 0.328 e. The highest BCUT2D eigenvalue weighted by molar-refractivity contribution is 7.98. The van der Waals surface area contributed by atoms with Crippen molar-refractivity contribution < 1.29 is 28.8 Å². The smallest absolute Gasteiger partial charge is 0.328 e. The number of ether oxygens (including phenoxy) is 4. The molecule has 0 saturated heterocycles. The highest BCUT2D eigenvalue weighted by atomic mass is 32.2. The maximum absolute atomic E-state index is 11.1. The Labute approximate surface area is 216 Å². The van der Waals surface area contributed by atoms with Crippen LogP contribution in [-0.2, 0) is 17.0 Å². The largest absolute Gasteiger partial charge is 0.497 e. The third kappa shape index (κ3) is 7.95. The number of nitrogens with zero attached hydrogens (tertiary/aromatic N) is 1. The van der Waals surface area contributed by atoms with Crippen LogP contribution in [0.3, 0.4) is 0 Å². The first-order valence-electron chi connectivity index (χ1n) is 11.5. The molecular formula is C28H31NO6S. The fourth-order valence-electron chi connectivity index (χ4n) is 3.49. The number of rotatable bonds is 14. The van der Waals surface area contributed by atoms with Gasteiger partial charge in [-0.1, -0.05) is 18.2 Å². The molecule has 0 aliphatic carbocycles. The number of carboxylic acid groups (broad SMARTS) is 1. The summed E-state index contributed by atoms with van der Waals surface area (Å²) in [6.07, 6.45) is 5.31. The van der Waals surface area contributed by atoms with Crippen molar-refractivity contribution in [2.24, 2.45) is 0 Å². The van der Waals surface area contributed by atoms with Crippen LogP contribution in [0.25, 0.3) is 6.08 Å². The molecule has 0 fully saturated rings. The Hall–Kier alpha value is -3.65. The molecule has 8 heteroatoms. The Kier molecular flexibility index (Phi) is 10.5. The van der Waals surface area contributed by atoms with Gasteiger partial charge in [-0.3, -0.25) is 0 Å². The van der Waals surface area contributed by atoms with E-state index in [0.29, 0.717) is 23.8 Å². The van der Waals surface area contributed by atoms with Crippen molar-refractivity contribution in [3.63, 3.8) is 0 Å². The molecule has 0 atom stereocenters. The molecular weight excluding hydrogens is 478 g/mol. The first-order chi connectivity index (χ1) is 17.5. The molecule has 0 aliphatic heterocycles. The summed E-state index contributed by atoms with van der Waals surface area (Å²) in [6.45, 7) is 0.512. The molecule has 0 saturated carbocycles. The Bertz CT molecular complexity index is 1140. The number of hydrogen-bond acceptors (Lipinski definition) is 7. The van der Waals surface area contributed by atoms with Gasteiger partial charge >= 0.3 is 5.97 Å². The second kappa shape index (κ2) is 14.0. The van der Waals surface area contributed by atoms with E-state index < -0.39 is 5.97 Å². The molecule has 0 amide bonds. The Morgan fingerprint density at radius 1 is 0.917 bits per heavy atom. The summed E-state index contributed by atoms with van der Waals surface area (Å²) in [5.41, 5.74) is 2.51. The van der Waals surface area contributed by atoms with Gasteiger partial charge in [-0.2, -0.15) is 0 Å². The quantitative estimate of drug-likeness (QED) is 0.163. The van der Waals surface area contributed by atoms with Gasteiger partial charge in [-0.25, -0.2) is 9.78 Å². The van der Waals surface area contributed by atoms with Crippen LogP contribution in [0.15, 0.2) is 65.6 Å². The first kappa shape index (κ1) is 26.9. The summed E-state index contributed by atoms with van der Waals surface area (Å²) >= 11 is 1.54. The molecule has 3 rings (SSSR count). The number of unbranched alkanes of at least 4 members (excludes halogenated alkanes) is 1. The van der Waals surface area contributed by atoms with E-state index in [1.165, 1.54) is 23.4 Å². The number of carboxylic acids is 1. The van der Waals surface area contributed by atoms with Crippen LogP contribution in [0.1, 0.15) is 29.8 Å². The number of benzene rings is 2.